The average Bonchev–Trinajstić information content (AvgIpc) is 2.11. The van der Waals surface area contributed by atoms with E-state index in [1.54, 1.807) is 7.11 Å². The van der Waals surface area contributed by atoms with Crippen LogP contribution in [0.3, 0.4) is 0 Å². The summed E-state index contributed by atoms with van der Waals surface area (Å²) in [6, 6.07) is 0.0510. The number of carbonyl (C=O) groups is 1. The van der Waals surface area contributed by atoms with Gasteiger partial charge in [-0.2, -0.15) is 0 Å². The Morgan fingerprint density at radius 3 is 2.22 bits per heavy atom. The fourth-order valence-electron chi connectivity index (χ4n) is 2.33. The van der Waals surface area contributed by atoms with Crippen LogP contribution in [-0.2, 0) is 9.53 Å². The lowest BCUT2D eigenvalue weighted by molar-refractivity contribution is -0.121. The van der Waals surface area contributed by atoms with Crippen LogP contribution in [-0.4, -0.2) is 37.7 Å². The molecule has 0 aromatic carbocycles. The number of hydrogen-bond acceptors (Lipinski definition) is 3. The summed E-state index contributed by atoms with van der Waals surface area (Å²) in [5, 5.41) is 6.20. The van der Waals surface area contributed by atoms with Crippen molar-refractivity contribution in [1.29, 1.82) is 0 Å². The summed E-state index contributed by atoms with van der Waals surface area (Å²) in [5.74, 6) is 0.0153. The fraction of sp³-hybridized carbons (Fsp3) is 0.929. The molecule has 0 saturated heterocycles. The van der Waals surface area contributed by atoms with Gasteiger partial charge in [0.1, 0.15) is 0 Å². The van der Waals surface area contributed by atoms with E-state index in [0.29, 0.717) is 13.2 Å². The molecule has 0 fully saturated rings. The Balaban J connectivity index is 4.04. The molecule has 0 aliphatic rings. The van der Waals surface area contributed by atoms with Crippen LogP contribution in [0, 0.1) is 5.41 Å². The molecule has 0 bridgehead atoms. The number of rotatable bonds is 7. The first-order valence-electron chi connectivity index (χ1n) is 6.59. The van der Waals surface area contributed by atoms with Gasteiger partial charge in [-0.15, -0.1) is 0 Å². The first-order valence-corrected chi connectivity index (χ1v) is 6.59. The van der Waals surface area contributed by atoms with Gasteiger partial charge in [-0.05, 0) is 32.6 Å². The normalized spacial score (nSPS) is 14.4. The predicted octanol–water partition coefficient (Wildman–Crippen LogP) is 1.94. The molecule has 1 unspecified atom stereocenters. The van der Waals surface area contributed by atoms with Crippen LogP contribution in [0.5, 0.6) is 0 Å². The van der Waals surface area contributed by atoms with E-state index >= 15 is 0 Å². The molecule has 0 aromatic rings. The van der Waals surface area contributed by atoms with E-state index in [1.807, 2.05) is 6.92 Å². The smallest absolute Gasteiger partial charge is 0.234 e. The zero-order chi connectivity index (χ0) is 14.4. The molecule has 1 amide bonds. The van der Waals surface area contributed by atoms with E-state index in [2.05, 4.69) is 45.3 Å². The van der Waals surface area contributed by atoms with Gasteiger partial charge in [-0.3, -0.25) is 4.79 Å². The van der Waals surface area contributed by atoms with Crippen molar-refractivity contribution in [2.45, 2.75) is 59.5 Å². The monoisotopic (exact) mass is 258 g/mol. The van der Waals surface area contributed by atoms with Crippen molar-refractivity contribution in [3.63, 3.8) is 0 Å². The van der Waals surface area contributed by atoms with Crippen molar-refractivity contribution in [2.24, 2.45) is 5.41 Å². The molecule has 0 aliphatic heterocycles. The van der Waals surface area contributed by atoms with Crippen molar-refractivity contribution in [3.8, 4) is 0 Å². The Labute approximate surface area is 112 Å². The van der Waals surface area contributed by atoms with E-state index in [1.165, 1.54) is 0 Å². The second-order valence-electron chi connectivity index (χ2n) is 6.90. The van der Waals surface area contributed by atoms with Crippen molar-refractivity contribution < 1.29 is 9.53 Å². The molecule has 1 atom stereocenters. The number of amides is 1. The molecule has 0 spiro atoms. The minimum atomic E-state index is -0.0416. The van der Waals surface area contributed by atoms with Crippen molar-refractivity contribution in [1.82, 2.24) is 10.6 Å². The number of nitrogens with one attached hydrogen (secondary N) is 2. The van der Waals surface area contributed by atoms with Crippen LogP contribution in [0.2, 0.25) is 0 Å². The van der Waals surface area contributed by atoms with E-state index in [4.69, 9.17) is 4.74 Å². The van der Waals surface area contributed by atoms with Crippen molar-refractivity contribution >= 4 is 5.91 Å². The predicted molar refractivity (Wildman–Crippen MR) is 75.6 cm³/mol. The molecular formula is C14H30N2O2. The van der Waals surface area contributed by atoms with E-state index in [0.717, 1.165) is 6.42 Å². The Morgan fingerprint density at radius 2 is 1.78 bits per heavy atom. The Kier molecular flexibility index (Phi) is 6.86. The summed E-state index contributed by atoms with van der Waals surface area (Å²) < 4.78 is 4.98. The lowest BCUT2D eigenvalue weighted by atomic mass is 9.82. The average molecular weight is 258 g/mol. The Bertz CT molecular complexity index is 257. The van der Waals surface area contributed by atoms with Crippen LogP contribution in [0.4, 0.5) is 0 Å². The molecule has 0 aliphatic carbocycles. The number of methoxy groups -OCH3 is 1. The maximum Gasteiger partial charge on any atom is 0.234 e. The SMILES string of the molecule is COCC(C)NC(=O)CNC(C)(C)CC(C)(C)C. The van der Waals surface area contributed by atoms with Gasteiger partial charge in [0.2, 0.25) is 5.91 Å². The highest BCUT2D eigenvalue weighted by Crippen LogP contribution is 2.26. The zero-order valence-corrected chi connectivity index (χ0v) is 13.0. The third-order valence-electron chi connectivity index (χ3n) is 2.52. The maximum atomic E-state index is 11.7. The molecule has 4 heteroatoms. The van der Waals surface area contributed by atoms with Gasteiger partial charge in [0.05, 0.1) is 13.2 Å². The first-order chi connectivity index (χ1) is 8.06. The number of hydrogen-bond donors (Lipinski definition) is 2. The highest BCUT2D eigenvalue weighted by molar-refractivity contribution is 5.78. The van der Waals surface area contributed by atoms with Crippen LogP contribution < -0.4 is 10.6 Å². The summed E-state index contributed by atoms with van der Waals surface area (Å²) in [5.41, 5.74) is 0.205. The van der Waals surface area contributed by atoms with Crippen molar-refractivity contribution in [3.05, 3.63) is 0 Å². The van der Waals surface area contributed by atoms with Gasteiger partial charge in [0, 0.05) is 18.7 Å². The van der Waals surface area contributed by atoms with Crippen LogP contribution >= 0.6 is 0 Å². The van der Waals surface area contributed by atoms with Crippen LogP contribution in [0.25, 0.3) is 0 Å². The van der Waals surface area contributed by atoms with E-state index in [9.17, 15) is 4.79 Å². The Morgan fingerprint density at radius 1 is 1.22 bits per heavy atom. The van der Waals surface area contributed by atoms with Gasteiger partial charge in [-0.1, -0.05) is 20.8 Å². The van der Waals surface area contributed by atoms with Crippen LogP contribution in [0.15, 0.2) is 0 Å². The fourth-order valence-corrected chi connectivity index (χ4v) is 2.33. The second kappa shape index (κ2) is 7.10. The number of ether oxygens (including phenoxy) is 1. The summed E-state index contributed by atoms with van der Waals surface area (Å²) in [6.07, 6.45) is 1.01. The van der Waals surface area contributed by atoms with Crippen LogP contribution in [0.1, 0.15) is 48.0 Å². The van der Waals surface area contributed by atoms with Gasteiger partial charge in [-0.25, -0.2) is 0 Å². The summed E-state index contributed by atoms with van der Waals surface area (Å²) in [6.45, 7) is 13.7. The highest BCUT2D eigenvalue weighted by atomic mass is 16.5. The topological polar surface area (TPSA) is 50.4 Å². The summed E-state index contributed by atoms with van der Waals surface area (Å²) in [4.78, 5) is 11.7. The molecule has 0 heterocycles. The molecule has 0 radical (unpaired) electrons. The summed E-state index contributed by atoms with van der Waals surface area (Å²) in [7, 11) is 1.63. The third kappa shape index (κ3) is 9.42. The minimum Gasteiger partial charge on any atom is -0.383 e. The quantitative estimate of drug-likeness (QED) is 0.734. The minimum absolute atomic E-state index is 0.0153. The van der Waals surface area contributed by atoms with Gasteiger partial charge >= 0.3 is 0 Å². The number of carbonyl (C=O) groups excluding carboxylic acids is 1. The largest absolute Gasteiger partial charge is 0.383 e. The molecule has 0 aromatic heterocycles. The summed E-state index contributed by atoms with van der Waals surface area (Å²) >= 11 is 0. The lowest BCUT2D eigenvalue weighted by Crippen LogP contribution is -2.48. The molecular weight excluding hydrogens is 228 g/mol. The molecule has 108 valence electrons. The van der Waals surface area contributed by atoms with Gasteiger partial charge in [0.25, 0.3) is 0 Å². The standard InChI is InChI=1S/C14H30N2O2/c1-11(9-18-7)16-12(17)8-15-14(5,6)10-13(2,3)4/h11,15H,8-10H2,1-7H3,(H,16,17). The van der Waals surface area contributed by atoms with Gasteiger partial charge < -0.3 is 15.4 Å². The second-order valence-corrected chi connectivity index (χ2v) is 6.90. The van der Waals surface area contributed by atoms with Crippen molar-refractivity contribution in [2.75, 3.05) is 20.3 Å². The van der Waals surface area contributed by atoms with E-state index < -0.39 is 0 Å². The molecule has 4 nitrogen and oxygen atoms in total. The zero-order valence-electron chi connectivity index (χ0n) is 13.0. The highest BCUT2D eigenvalue weighted by Gasteiger charge is 2.25. The molecule has 2 N–H and O–H groups in total. The first kappa shape index (κ1) is 17.4. The van der Waals surface area contributed by atoms with Gasteiger partial charge in [0.15, 0.2) is 0 Å². The molecule has 0 saturated carbocycles. The molecule has 18 heavy (non-hydrogen) atoms. The Hall–Kier alpha value is -0.610. The lowest BCUT2D eigenvalue weighted by Gasteiger charge is -2.33. The molecule has 0 rings (SSSR count). The maximum absolute atomic E-state index is 11.7. The third-order valence-corrected chi connectivity index (χ3v) is 2.52. The van der Waals surface area contributed by atoms with E-state index in [-0.39, 0.29) is 22.9 Å².